The lowest BCUT2D eigenvalue weighted by Crippen LogP contribution is -2.14. The molecule has 1 aromatic heterocycles. The Bertz CT molecular complexity index is 697. The molecule has 102 valence electrons. The fraction of sp³-hybridized carbons (Fsp3) is 0.182. The van der Waals surface area contributed by atoms with E-state index in [1.54, 1.807) is 19.3 Å². The van der Waals surface area contributed by atoms with Gasteiger partial charge in [0.15, 0.2) is 5.82 Å². The predicted octanol–water partition coefficient (Wildman–Crippen LogP) is 1.37. The number of hydrogen-bond donors (Lipinski definition) is 2. The average molecular weight is 302 g/mol. The minimum absolute atomic E-state index is 0.0200. The number of nitrogens with zero attached hydrogens (tertiary/aromatic N) is 2. The molecule has 0 amide bonds. The van der Waals surface area contributed by atoms with Crippen LogP contribution >= 0.6 is 11.6 Å². The van der Waals surface area contributed by atoms with Crippen LogP contribution in [-0.4, -0.2) is 23.3 Å². The maximum Gasteiger partial charge on any atom is 0.263 e. The van der Waals surface area contributed by atoms with Gasteiger partial charge >= 0.3 is 0 Å². The summed E-state index contributed by atoms with van der Waals surface area (Å²) in [6.07, 6.45) is 1.62. The van der Waals surface area contributed by atoms with Crippen LogP contribution in [0.1, 0.15) is 5.56 Å². The second-order valence-electron chi connectivity index (χ2n) is 3.89. The molecule has 2 rings (SSSR count). The summed E-state index contributed by atoms with van der Waals surface area (Å²) in [7, 11) is -2.06. The van der Waals surface area contributed by atoms with Crippen LogP contribution in [0.4, 0.5) is 5.82 Å². The van der Waals surface area contributed by atoms with Gasteiger partial charge in [-0.2, -0.15) is 5.10 Å². The molecule has 0 spiro atoms. The van der Waals surface area contributed by atoms with E-state index in [1.807, 2.05) is 0 Å². The van der Waals surface area contributed by atoms with Gasteiger partial charge in [-0.15, -0.1) is 0 Å². The highest BCUT2D eigenvalue weighted by molar-refractivity contribution is 7.92. The smallest absolute Gasteiger partial charge is 0.263 e. The molecule has 0 aliphatic carbocycles. The van der Waals surface area contributed by atoms with Crippen molar-refractivity contribution in [3.05, 3.63) is 41.0 Å². The van der Waals surface area contributed by atoms with Gasteiger partial charge in [0.2, 0.25) is 0 Å². The number of aliphatic hydroxyl groups excluding tert-OH is 1. The molecule has 2 N–H and O–H groups in total. The SMILES string of the molecule is Cn1ccc(NS(=O)(=O)c2ccc(Cl)c(CO)c2)n1. The molecule has 2 aromatic rings. The van der Waals surface area contributed by atoms with E-state index >= 15 is 0 Å². The second-order valence-corrected chi connectivity index (χ2v) is 5.98. The summed E-state index contributed by atoms with van der Waals surface area (Å²) in [5, 5.41) is 13.3. The number of anilines is 1. The zero-order valence-electron chi connectivity index (χ0n) is 10.0. The van der Waals surface area contributed by atoms with Crippen molar-refractivity contribution in [1.82, 2.24) is 9.78 Å². The molecule has 1 aromatic carbocycles. The Morgan fingerprint density at radius 3 is 2.74 bits per heavy atom. The van der Waals surface area contributed by atoms with E-state index in [-0.39, 0.29) is 17.3 Å². The van der Waals surface area contributed by atoms with Crippen molar-refractivity contribution in [2.45, 2.75) is 11.5 Å². The molecule has 0 atom stereocenters. The number of aromatic nitrogens is 2. The molecule has 0 fully saturated rings. The van der Waals surface area contributed by atoms with Crippen LogP contribution in [0.5, 0.6) is 0 Å². The second kappa shape index (κ2) is 5.20. The molecular formula is C11H12ClN3O3S. The normalized spacial score (nSPS) is 11.5. The highest BCUT2D eigenvalue weighted by atomic mass is 35.5. The standard InChI is InChI=1S/C11H12ClN3O3S/c1-15-5-4-11(13-15)14-19(17,18)9-2-3-10(12)8(6-9)7-16/h2-6,16H,7H2,1H3,(H,13,14). The van der Waals surface area contributed by atoms with Crippen LogP contribution in [0.15, 0.2) is 35.4 Å². The minimum Gasteiger partial charge on any atom is -0.392 e. The van der Waals surface area contributed by atoms with Gasteiger partial charge in [-0.25, -0.2) is 8.42 Å². The van der Waals surface area contributed by atoms with E-state index in [0.29, 0.717) is 10.6 Å². The molecule has 0 unspecified atom stereocenters. The number of rotatable bonds is 4. The predicted molar refractivity (Wildman–Crippen MR) is 71.4 cm³/mol. The zero-order chi connectivity index (χ0) is 14.0. The fourth-order valence-electron chi connectivity index (χ4n) is 1.51. The van der Waals surface area contributed by atoms with E-state index in [1.165, 1.54) is 22.9 Å². The van der Waals surface area contributed by atoms with Gasteiger partial charge in [0.1, 0.15) is 0 Å². The van der Waals surface area contributed by atoms with Crippen molar-refractivity contribution in [2.75, 3.05) is 4.72 Å². The summed E-state index contributed by atoms with van der Waals surface area (Å²) in [5.74, 6) is 0.225. The molecular weight excluding hydrogens is 290 g/mol. The number of hydrogen-bond acceptors (Lipinski definition) is 4. The molecule has 8 heteroatoms. The lowest BCUT2D eigenvalue weighted by atomic mass is 10.2. The Hall–Kier alpha value is -1.57. The third-order valence-electron chi connectivity index (χ3n) is 2.45. The average Bonchev–Trinajstić information content (AvgIpc) is 2.74. The molecule has 0 aliphatic heterocycles. The quantitative estimate of drug-likeness (QED) is 0.893. The molecule has 19 heavy (non-hydrogen) atoms. The Morgan fingerprint density at radius 2 is 2.16 bits per heavy atom. The number of benzene rings is 1. The van der Waals surface area contributed by atoms with Gasteiger partial charge in [-0.1, -0.05) is 11.6 Å². The third-order valence-corrected chi connectivity index (χ3v) is 4.17. The summed E-state index contributed by atoms with van der Waals surface area (Å²) in [4.78, 5) is 0.0200. The van der Waals surface area contributed by atoms with Crippen molar-refractivity contribution < 1.29 is 13.5 Å². The summed E-state index contributed by atoms with van der Waals surface area (Å²) < 4.78 is 28.0. The van der Waals surface area contributed by atoms with Crippen LogP contribution in [0, 0.1) is 0 Å². The molecule has 6 nitrogen and oxygen atoms in total. The van der Waals surface area contributed by atoms with E-state index in [4.69, 9.17) is 16.7 Å². The van der Waals surface area contributed by atoms with E-state index in [9.17, 15) is 8.42 Å². The molecule has 0 bridgehead atoms. The first kappa shape index (κ1) is 13.9. The highest BCUT2D eigenvalue weighted by Crippen LogP contribution is 2.21. The van der Waals surface area contributed by atoms with Gasteiger partial charge < -0.3 is 5.11 Å². The van der Waals surface area contributed by atoms with Crippen molar-refractivity contribution in [2.24, 2.45) is 7.05 Å². The monoisotopic (exact) mass is 301 g/mol. The Morgan fingerprint density at radius 1 is 1.42 bits per heavy atom. The fourth-order valence-corrected chi connectivity index (χ4v) is 2.73. The number of sulfonamides is 1. The number of nitrogens with one attached hydrogen (secondary N) is 1. The van der Waals surface area contributed by atoms with Gasteiger partial charge in [0.05, 0.1) is 11.5 Å². The highest BCUT2D eigenvalue weighted by Gasteiger charge is 2.16. The summed E-state index contributed by atoms with van der Waals surface area (Å²) in [6, 6.07) is 5.67. The Labute approximate surface area is 115 Å². The van der Waals surface area contributed by atoms with Crippen LogP contribution < -0.4 is 4.72 Å². The zero-order valence-corrected chi connectivity index (χ0v) is 11.6. The first-order valence-corrected chi connectivity index (χ1v) is 7.20. The van der Waals surface area contributed by atoms with Crippen molar-refractivity contribution in [3.8, 4) is 0 Å². The van der Waals surface area contributed by atoms with Crippen LogP contribution in [0.3, 0.4) is 0 Å². The van der Waals surface area contributed by atoms with Crippen LogP contribution in [0.2, 0.25) is 5.02 Å². The summed E-state index contributed by atoms with van der Waals surface area (Å²) >= 11 is 5.82. The van der Waals surface area contributed by atoms with Gasteiger partial charge in [-0.05, 0) is 23.8 Å². The topological polar surface area (TPSA) is 84.2 Å². The van der Waals surface area contributed by atoms with Gasteiger partial charge in [0.25, 0.3) is 10.0 Å². The molecule has 1 heterocycles. The van der Waals surface area contributed by atoms with Crippen molar-refractivity contribution in [1.29, 1.82) is 0 Å². The van der Waals surface area contributed by atoms with Gasteiger partial charge in [-0.3, -0.25) is 9.40 Å². The maximum atomic E-state index is 12.1. The lowest BCUT2D eigenvalue weighted by molar-refractivity contribution is 0.281. The first-order valence-electron chi connectivity index (χ1n) is 5.34. The minimum atomic E-state index is -3.74. The summed E-state index contributed by atoms with van der Waals surface area (Å²) in [5.41, 5.74) is 0.352. The van der Waals surface area contributed by atoms with Crippen molar-refractivity contribution >= 4 is 27.4 Å². The van der Waals surface area contributed by atoms with E-state index in [2.05, 4.69) is 9.82 Å². The third kappa shape index (κ3) is 3.06. The lowest BCUT2D eigenvalue weighted by Gasteiger charge is -2.07. The Kier molecular flexibility index (Phi) is 3.79. The molecule has 0 saturated heterocycles. The first-order chi connectivity index (χ1) is 8.92. The molecule has 0 radical (unpaired) electrons. The largest absolute Gasteiger partial charge is 0.392 e. The van der Waals surface area contributed by atoms with E-state index < -0.39 is 10.0 Å². The van der Waals surface area contributed by atoms with E-state index in [0.717, 1.165) is 0 Å². The summed E-state index contributed by atoms with van der Waals surface area (Å²) in [6.45, 7) is -0.328. The maximum absolute atomic E-state index is 12.1. The van der Waals surface area contributed by atoms with Crippen molar-refractivity contribution in [3.63, 3.8) is 0 Å². The number of aliphatic hydroxyl groups is 1. The van der Waals surface area contributed by atoms with Crippen LogP contribution in [0.25, 0.3) is 0 Å². The van der Waals surface area contributed by atoms with Crippen LogP contribution in [-0.2, 0) is 23.7 Å². The number of halogens is 1. The molecule has 0 saturated carbocycles. The van der Waals surface area contributed by atoms with Gasteiger partial charge in [0, 0.05) is 24.3 Å². The Balaban J connectivity index is 2.34. The molecule has 0 aliphatic rings. The number of aryl methyl sites for hydroxylation is 1.